The molecule has 0 aliphatic heterocycles. The Morgan fingerprint density at radius 1 is 1.44 bits per heavy atom. The van der Waals surface area contributed by atoms with Gasteiger partial charge in [0.25, 0.3) is 0 Å². The van der Waals surface area contributed by atoms with Crippen molar-refractivity contribution in [3.8, 4) is 0 Å². The van der Waals surface area contributed by atoms with Crippen molar-refractivity contribution < 1.29 is 14.3 Å². The van der Waals surface area contributed by atoms with Crippen LogP contribution in [0.5, 0.6) is 0 Å². The Labute approximate surface area is 100 Å². The van der Waals surface area contributed by atoms with Crippen molar-refractivity contribution in [1.82, 2.24) is 0 Å². The molecule has 0 aliphatic carbocycles. The number of nitrogens with two attached hydrogens (primary N) is 1. The largest absolute Gasteiger partial charge is 0.328 e. The molecule has 0 radical (unpaired) electrons. The highest BCUT2D eigenvalue weighted by molar-refractivity contribution is 8.06. The lowest BCUT2D eigenvalue weighted by molar-refractivity contribution is 0.176. The van der Waals surface area contributed by atoms with E-state index >= 15 is 0 Å². The first kappa shape index (κ1) is 13.8. The topological polar surface area (TPSA) is 75.7 Å². The van der Waals surface area contributed by atoms with Gasteiger partial charge in [0.05, 0.1) is 0 Å². The SMILES string of the molecule is Cc1ccc(C)c(C(CN)OP(O)(O)=S)c1. The molecule has 16 heavy (non-hydrogen) atoms. The minimum Gasteiger partial charge on any atom is -0.328 e. The van der Waals surface area contributed by atoms with Crippen LogP contribution in [0.15, 0.2) is 18.2 Å². The van der Waals surface area contributed by atoms with Crippen molar-refractivity contribution in [2.24, 2.45) is 5.73 Å². The van der Waals surface area contributed by atoms with Crippen molar-refractivity contribution >= 4 is 18.5 Å². The van der Waals surface area contributed by atoms with E-state index in [4.69, 9.17) is 20.0 Å². The summed E-state index contributed by atoms with van der Waals surface area (Å²) in [6, 6.07) is 5.83. The zero-order valence-electron chi connectivity index (χ0n) is 9.25. The summed E-state index contributed by atoms with van der Waals surface area (Å²) in [7, 11) is 0. The molecule has 0 amide bonds. The van der Waals surface area contributed by atoms with Crippen molar-refractivity contribution in [1.29, 1.82) is 0 Å². The first-order chi connectivity index (χ1) is 7.33. The van der Waals surface area contributed by atoms with Gasteiger partial charge in [-0.05, 0) is 36.8 Å². The molecule has 1 atom stereocenters. The van der Waals surface area contributed by atoms with Gasteiger partial charge in [0.1, 0.15) is 6.10 Å². The second kappa shape index (κ2) is 5.36. The molecule has 0 aromatic heterocycles. The van der Waals surface area contributed by atoms with Crippen LogP contribution in [0.4, 0.5) is 0 Å². The summed E-state index contributed by atoms with van der Waals surface area (Å²) in [5.74, 6) is 0. The van der Waals surface area contributed by atoms with Gasteiger partial charge < -0.3 is 15.5 Å². The van der Waals surface area contributed by atoms with Gasteiger partial charge in [-0.25, -0.2) is 0 Å². The summed E-state index contributed by atoms with van der Waals surface area (Å²) in [6.45, 7) is 0.336. The van der Waals surface area contributed by atoms with Crippen molar-refractivity contribution in [2.45, 2.75) is 20.0 Å². The molecular weight excluding hydrogens is 245 g/mol. The summed E-state index contributed by atoms with van der Waals surface area (Å²) in [5, 5.41) is 0. The van der Waals surface area contributed by atoms with E-state index in [2.05, 4.69) is 11.8 Å². The highest BCUT2D eigenvalue weighted by Gasteiger charge is 2.20. The average Bonchev–Trinajstić information content (AvgIpc) is 2.17. The molecule has 0 saturated heterocycles. The minimum atomic E-state index is -3.69. The Morgan fingerprint density at radius 3 is 2.56 bits per heavy atom. The maximum atomic E-state index is 9.14. The van der Waals surface area contributed by atoms with Gasteiger partial charge in [-0.15, -0.1) is 0 Å². The second-order valence-corrected chi connectivity index (χ2v) is 6.30. The Hall–Kier alpha value is -0.290. The molecule has 1 aromatic carbocycles. The van der Waals surface area contributed by atoms with E-state index in [0.717, 1.165) is 16.7 Å². The summed E-state index contributed by atoms with van der Waals surface area (Å²) >= 11 is 4.45. The fourth-order valence-corrected chi connectivity index (χ4v) is 2.34. The van der Waals surface area contributed by atoms with Crippen LogP contribution in [0.25, 0.3) is 0 Å². The van der Waals surface area contributed by atoms with Crippen LogP contribution in [0.3, 0.4) is 0 Å². The third-order valence-corrected chi connectivity index (χ3v) is 3.05. The van der Waals surface area contributed by atoms with Crippen LogP contribution in [-0.4, -0.2) is 16.3 Å². The highest BCUT2D eigenvalue weighted by atomic mass is 32.5. The Balaban J connectivity index is 3.03. The summed E-state index contributed by atoms with van der Waals surface area (Å²) in [4.78, 5) is 18.3. The molecule has 0 heterocycles. The van der Waals surface area contributed by atoms with Crippen molar-refractivity contribution in [3.05, 3.63) is 34.9 Å². The summed E-state index contributed by atoms with van der Waals surface area (Å²) in [6.07, 6.45) is -0.569. The number of hydrogen-bond donors (Lipinski definition) is 3. The molecule has 0 bridgehead atoms. The molecule has 1 unspecified atom stereocenters. The van der Waals surface area contributed by atoms with Crippen LogP contribution in [0.1, 0.15) is 22.8 Å². The predicted octanol–water partition coefficient (Wildman–Crippen LogP) is 1.53. The molecule has 90 valence electrons. The summed E-state index contributed by atoms with van der Waals surface area (Å²) < 4.78 is 5.02. The first-order valence-electron chi connectivity index (χ1n) is 4.84. The number of aryl methyl sites for hydroxylation is 2. The van der Waals surface area contributed by atoms with Crippen molar-refractivity contribution in [2.75, 3.05) is 6.54 Å². The van der Waals surface area contributed by atoms with Gasteiger partial charge in [0.15, 0.2) is 0 Å². The third kappa shape index (κ3) is 3.94. The Kier molecular flexibility index (Phi) is 4.62. The van der Waals surface area contributed by atoms with E-state index in [9.17, 15) is 0 Å². The lowest BCUT2D eigenvalue weighted by Gasteiger charge is -2.21. The van der Waals surface area contributed by atoms with E-state index in [-0.39, 0.29) is 6.54 Å². The quantitative estimate of drug-likeness (QED) is 0.717. The van der Waals surface area contributed by atoms with Crippen LogP contribution in [-0.2, 0) is 16.3 Å². The molecule has 4 N–H and O–H groups in total. The lowest BCUT2D eigenvalue weighted by atomic mass is 10.0. The zero-order valence-corrected chi connectivity index (χ0v) is 11.0. The molecule has 0 fully saturated rings. The van der Waals surface area contributed by atoms with Gasteiger partial charge in [0, 0.05) is 6.54 Å². The fraction of sp³-hybridized carbons (Fsp3) is 0.400. The minimum absolute atomic E-state index is 0.157. The second-order valence-electron chi connectivity index (χ2n) is 3.68. The lowest BCUT2D eigenvalue weighted by Crippen LogP contribution is -2.16. The van der Waals surface area contributed by atoms with Crippen molar-refractivity contribution in [3.63, 3.8) is 0 Å². The first-order valence-corrected chi connectivity index (χ1v) is 7.47. The monoisotopic (exact) mass is 261 g/mol. The Bertz CT molecular complexity index is 419. The van der Waals surface area contributed by atoms with Gasteiger partial charge in [-0.1, -0.05) is 23.8 Å². The Morgan fingerprint density at radius 2 is 2.06 bits per heavy atom. The maximum Gasteiger partial charge on any atom is 0.322 e. The van der Waals surface area contributed by atoms with E-state index in [1.807, 2.05) is 32.0 Å². The normalized spacial score (nSPS) is 13.8. The smallest absolute Gasteiger partial charge is 0.322 e. The van der Waals surface area contributed by atoms with Gasteiger partial charge >= 0.3 is 6.72 Å². The summed E-state index contributed by atoms with van der Waals surface area (Å²) in [5.41, 5.74) is 8.45. The molecule has 0 saturated carbocycles. The number of hydrogen-bond acceptors (Lipinski definition) is 3. The highest BCUT2D eigenvalue weighted by Crippen LogP contribution is 2.42. The maximum absolute atomic E-state index is 9.14. The van der Waals surface area contributed by atoms with Crippen LogP contribution in [0.2, 0.25) is 0 Å². The van der Waals surface area contributed by atoms with Gasteiger partial charge in [-0.3, -0.25) is 4.52 Å². The average molecular weight is 261 g/mol. The fourth-order valence-electron chi connectivity index (χ4n) is 1.50. The third-order valence-electron chi connectivity index (χ3n) is 2.26. The molecular formula is C10H16NO3PS. The molecule has 1 aromatic rings. The van der Waals surface area contributed by atoms with E-state index in [1.165, 1.54) is 0 Å². The molecule has 0 aliphatic rings. The van der Waals surface area contributed by atoms with Gasteiger partial charge in [0.2, 0.25) is 0 Å². The van der Waals surface area contributed by atoms with E-state index in [0.29, 0.717) is 0 Å². The molecule has 0 spiro atoms. The zero-order chi connectivity index (χ0) is 12.3. The van der Waals surface area contributed by atoms with Crippen LogP contribution in [0, 0.1) is 13.8 Å². The molecule has 6 heteroatoms. The number of benzene rings is 1. The molecule has 1 rings (SSSR count). The predicted molar refractivity (Wildman–Crippen MR) is 67.5 cm³/mol. The van der Waals surface area contributed by atoms with Crippen LogP contribution < -0.4 is 5.73 Å². The number of rotatable bonds is 4. The van der Waals surface area contributed by atoms with E-state index < -0.39 is 12.8 Å². The standard InChI is InChI=1S/C10H16NO3PS/c1-7-3-4-8(2)9(5-7)10(6-11)14-15(12,13)16/h3-5,10H,6,11H2,1-2H3,(H2,12,13,16). The van der Waals surface area contributed by atoms with E-state index in [1.54, 1.807) is 0 Å². The van der Waals surface area contributed by atoms with Crippen LogP contribution >= 0.6 is 6.72 Å². The van der Waals surface area contributed by atoms with Gasteiger partial charge in [-0.2, -0.15) is 0 Å². The molecule has 4 nitrogen and oxygen atoms in total.